The first-order valence-corrected chi connectivity index (χ1v) is 8.40. The third-order valence-electron chi connectivity index (χ3n) is 4.48. The van der Waals surface area contributed by atoms with E-state index in [4.69, 9.17) is 9.47 Å². The summed E-state index contributed by atoms with van der Waals surface area (Å²) < 4.78 is 12.8. The molecule has 3 atom stereocenters. The van der Waals surface area contributed by atoms with Gasteiger partial charge >= 0.3 is 0 Å². The quantitative estimate of drug-likeness (QED) is 0.853. The van der Waals surface area contributed by atoms with E-state index in [1.54, 1.807) is 0 Å². The molecule has 0 aromatic heterocycles. The average molecular weight is 283 g/mol. The molecule has 0 radical (unpaired) electrons. The molecule has 0 aromatic rings. The zero-order chi connectivity index (χ0) is 14.8. The predicted octanol–water partition coefficient (Wildman–Crippen LogP) is 3.87. The summed E-state index contributed by atoms with van der Waals surface area (Å²) in [6.07, 6.45) is 7.62. The molecule has 2 saturated heterocycles. The molecule has 2 aliphatic heterocycles. The SMILES string of the molecule is CC(C)C1CCCC2(CCCC(CNC(C)(C)C)O2)O1. The first-order chi connectivity index (χ1) is 9.30. The lowest BCUT2D eigenvalue weighted by Gasteiger charge is -2.47. The fraction of sp³-hybridized carbons (Fsp3) is 1.00. The van der Waals surface area contributed by atoms with Crippen LogP contribution in [-0.4, -0.2) is 30.1 Å². The van der Waals surface area contributed by atoms with Gasteiger partial charge in [0.1, 0.15) is 0 Å². The zero-order valence-electron chi connectivity index (χ0n) is 14.0. The van der Waals surface area contributed by atoms with E-state index in [-0.39, 0.29) is 11.3 Å². The summed E-state index contributed by atoms with van der Waals surface area (Å²) in [5, 5.41) is 3.57. The highest BCUT2D eigenvalue weighted by Crippen LogP contribution is 2.40. The van der Waals surface area contributed by atoms with Gasteiger partial charge in [0.15, 0.2) is 5.79 Å². The molecule has 1 N–H and O–H groups in total. The molecular weight excluding hydrogens is 250 g/mol. The van der Waals surface area contributed by atoms with E-state index in [2.05, 4.69) is 39.9 Å². The number of hydrogen-bond donors (Lipinski definition) is 1. The van der Waals surface area contributed by atoms with E-state index in [1.807, 2.05) is 0 Å². The molecule has 2 rings (SSSR count). The molecule has 0 bridgehead atoms. The lowest BCUT2D eigenvalue weighted by Crippen LogP contribution is -2.52. The van der Waals surface area contributed by atoms with E-state index in [0.29, 0.717) is 18.1 Å². The van der Waals surface area contributed by atoms with Crippen LogP contribution in [0.3, 0.4) is 0 Å². The molecule has 0 aliphatic carbocycles. The Labute approximate surface area is 124 Å². The molecule has 0 aromatic carbocycles. The summed E-state index contributed by atoms with van der Waals surface area (Å²) in [6, 6.07) is 0. The number of hydrogen-bond acceptors (Lipinski definition) is 3. The van der Waals surface area contributed by atoms with Crippen LogP contribution < -0.4 is 5.32 Å². The van der Waals surface area contributed by atoms with Crippen LogP contribution in [0.5, 0.6) is 0 Å². The largest absolute Gasteiger partial charge is 0.346 e. The van der Waals surface area contributed by atoms with Crippen molar-refractivity contribution in [3.8, 4) is 0 Å². The summed E-state index contributed by atoms with van der Waals surface area (Å²) >= 11 is 0. The average Bonchev–Trinajstić information content (AvgIpc) is 2.36. The second kappa shape index (κ2) is 6.33. The first kappa shape index (κ1) is 16.3. The highest BCUT2D eigenvalue weighted by Gasteiger charge is 2.43. The Bertz CT molecular complexity index is 307. The van der Waals surface area contributed by atoms with Crippen LogP contribution in [0.15, 0.2) is 0 Å². The first-order valence-electron chi connectivity index (χ1n) is 8.40. The van der Waals surface area contributed by atoms with Crippen LogP contribution in [0.25, 0.3) is 0 Å². The molecule has 118 valence electrons. The highest BCUT2D eigenvalue weighted by molar-refractivity contribution is 4.86. The Balaban J connectivity index is 1.91. The third-order valence-corrected chi connectivity index (χ3v) is 4.48. The monoisotopic (exact) mass is 283 g/mol. The van der Waals surface area contributed by atoms with Crippen LogP contribution >= 0.6 is 0 Å². The van der Waals surface area contributed by atoms with Gasteiger partial charge in [-0.1, -0.05) is 13.8 Å². The molecule has 2 fully saturated rings. The fourth-order valence-corrected chi connectivity index (χ4v) is 3.29. The van der Waals surface area contributed by atoms with Gasteiger partial charge in [0.2, 0.25) is 0 Å². The van der Waals surface area contributed by atoms with Crippen molar-refractivity contribution in [3.63, 3.8) is 0 Å². The number of nitrogens with one attached hydrogen (secondary N) is 1. The molecule has 20 heavy (non-hydrogen) atoms. The van der Waals surface area contributed by atoms with Gasteiger partial charge in [0, 0.05) is 24.9 Å². The van der Waals surface area contributed by atoms with Crippen LogP contribution in [0.2, 0.25) is 0 Å². The normalized spacial score (nSPS) is 35.7. The van der Waals surface area contributed by atoms with Crippen molar-refractivity contribution in [1.29, 1.82) is 0 Å². The van der Waals surface area contributed by atoms with Gasteiger partial charge in [-0.15, -0.1) is 0 Å². The van der Waals surface area contributed by atoms with Crippen molar-refractivity contribution in [2.24, 2.45) is 5.92 Å². The molecule has 0 saturated carbocycles. The summed E-state index contributed by atoms with van der Waals surface area (Å²) in [4.78, 5) is 0. The van der Waals surface area contributed by atoms with Crippen molar-refractivity contribution in [3.05, 3.63) is 0 Å². The van der Waals surface area contributed by atoms with E-state index in [9.17, 15) is 0 Å². The second-order valence-electron chi connectivity index (χ2n) is 7.97. The smallest absolute Gasteiger partial charge is 0.169 e. The third kappa shape index (κ3) is 4.44. The minimum atomic E-state index is -0.282. The molecule has 2 heterocycles. The lowest BCUT2D eigenvalue weighted by atomic mass is 9.90. The van der Waals surface area contributed by atoms with E-state index >= 15 is 0 Å². The summed E-state index contributed by atoms with van der Waals surface area (Å²) in [5.41, 5.74) is 0.155. The van der Waals surface area contributed by atoms with Gasteiger partial charge in [-0.3, -0.25) is 0 Å². The van der Waals surface area contributed by atoms with Crippen molar-refractivity contribution in [2.75, 3.05) is 6.54 Å². The zero-order valence-corrected chi connectivity index (χ0v) is 14.0. The minimum absolute atomic E-state index is 0.155. The van der Waals surface area contributed by atoms with Crippen LogP contribution in [0.4, 0.5) is 0 Å². The minimum Gasteiger partial charge on any atom is -0.346 e. The fourth-order valence-electron chi connectivity index (χ4n) is 3.29. The van der Waals surface area contributed by atoms with Crippen molar-refractivity contribution >= 4 is 0 Å². The Morgan fingerprint density at radius 2 is 1.75 bits per heavy atom. The molecule has 1 spiro atoms. The summed E-state index contributed by atoms with van der Waals surface area (Å²) in [7, 11) is 0. The summed E-state index contributed by atoms with van der Waals surface area (Å²) in [6.45, 7) is 12.1. The topological polar surface area (TPSA) is 30.5 Å². The Morgan fingerprint density at radius 3 is 2.35 bits per heavy atom. The Morgan fingerprint density at radius 1 is 1.10 bits per heavy atom. The standard InChI is InChI=1S/C17H33NO2/c1-13(2)15-9-7-11-17(20-15)10-6-8-14(19-17)12-18-16(3,4)5/h13-15,18H,6-12H2,1-5H3. The van der Waals surface area contributed by atoms with Crippen molar-refractivity contribution in [1.82, 2.24) is 5.32 Å². The van der Waals surface area contributed by atoms with Gasteiger partial charge in [0.05, 0.1) is 12.2 Å². The molecule has 3 unspecified atom stereocenters. The van der Waals surface area contributed by atoms with Crippen LogP contribution in [-0.2, 0) is 9.47 Å². The van der Waals surface area contributed by atoms with E-state index in [1.165, 1.54) is 19.3 Å². The molecule has 3 nitrogen and oxygen atoms in total. The molecule has 2 aliphatic rings. The Kier molecular flexibility index (Phi) is 5.14. The highest BCUT2D eigenvalue weighted by atomic mass is 16.7. The van der Waals surface area contributed by atoms with Crippen LogP contribution in [0, 0.1) is 5.92 Å². The van der Waals surface area contributed by atoms with E-state index in [0.717, 1.165) is 25.8 Å². The second-order valence-corrected chi connectivity index (χ2v) is 7.97. The van der Waals surface area contributed by atoms with Gasteiger partial charge in [-0.2, -0.15) is 0 Å². The molecule has 3 heteroatoms. The number of ether oxygens (including phenoxy) is 2. The van der Waals surface area contributed by atoms with Crippen molar-refractivity contribution in [2.45, 2.75) is 96.7 Å². The Hall–Kier alpha value is -0.120. The van der Waals surface area contributed by atoms with E-state index < -0.39 is 0 Å². The molecule has 0 amide bonds. The number of rotatable bonds is 3. The van der Waals surface area contributed by atoms with Crippen LogP contribution in [0.1, 0.15) is 73.1 Å². The maximum atomic E-state index is 6.41. The predicted molar refractivity (Wildman–Crippen MR) is 82.8 cm³/mol. The van der Waals surface area contributed by atoms with Gasteiger partial charge in [0.25, 0.3) is 0 Å². The molecular formula is C17H33NO2. The maximum Gasteiger partial charge on any atom is 0.169 e. The van der Waals surface area contributed by atoms with Crippen molar-refractivity contribution < 1.29 is 9.47 Å². The van der Waals surface area contributed by atoms with Gasteiger partial charge in [-0.25, -0.2) is 0 Å². The van der Waals surface area contributed by atoms with Gasteiger partial charge < -0.3 is 14.8 Å². The van der Waals surface area contributed by atoms with Gasteiger partial charge in [-0.05, 0) is 52.4 Å². The lowest BCUT2D eigenvalue weighted by molar-refractivity contribution is -0.319. The summed E-state index contributed by atoms with van der Waals surface area (Å²) in [5.74, 6) is 0.305. The maximum absolute atomic E-state index is 6.41.